The van der Waals surface area contributed by atoms with Crippen LogP contribution in [-0.2, 0) is 16.4 Å². The Morgan fingerprint density at radius 3 is 2.46 bits per heavy atom. The summed E-state index contributed by atoms with van der Waals surface area (Å²) in [6, 6.07) is 12.2. The Balaban J connectivity index is 1.93. The van der Waals surface area contributed by atoms with Crippen LogP contribution in [-0.4, -0.2) is 33.1 Å². The van der Waals surface area contributed by atoms with Crippen molar-refractivity contribution in [1.82, 2.24) is 5.32 Å². The van der Waals surface area contributed by atoms with Crippen LogP contribution in [0.25, 0.3) is 5.70 Å². The van der Waals surface area contributed by atoms with Gasteiger partial charge in [-0.3, -0.25) is 9.52 Å². The number of ketones is 1. The molecule has 0 unspecified atom stereocenters. The van der Waals surface area contributed by atoms with Crippen molar-refractivity contribution in [2.75, 3.05) is 18.1 Å². The number of ether oxygens (including phenoxy) is 1. The molecule has 0 aromatic heterocycles. The maximum Gasteiger partial charge on any atom is 0.229 e. The van der Waals surface area contributed by atoms with Crippen LogP contribution in [0.15, 0.2) is 48.5 Å². The Bertz CT molecular complexity index is 1040. The molecule has 0 radical (unpaired) electrons. The normalized spacial score (nSPS) is 16.8. The highest BCUT2D eigenvalue weighted by atomic mass is 32.2. The highest BCUT2D eigenvalue weighted by Crippen LogP contribution is 2.32. The van der Waals surface area contributed by atoms with Crippen molar-refractivity contribution in [2.24, 2.45) is 0 Å². The van der Waals surface area contributed by atoms with Gasteiger partial charge < -0.3 is 10.1 Å². The van der Waals surface area contributed by atoms with E-state index in [1.807, 2.05) is 18.2 Å². The molecule has 0 aliphatic carbocycles. The zero-order chi connectivity index (χ0) is 20.5. The molecule has 0 saturated carbocycles. The molecule has 3 rings (SSSR count). The van der Waals surface area contributed by atoms with Gasteiger partial charge in [-0.2, -0.15) is 0 Å². The summed E-state index contributed by atoms with van der Waals surface area (Å²) >= 11 is 0. The minimum Gasteiger partial charge on any atom is -0.497 e. The maximum absolute atomic E-state index is 12.8. The van der Waals surface area contributed by atoms with Crippen LogP contribution >= 0.6 is 0 Å². The van der Waals surface area contributed by atoms with Crippen LogP contribution in [0.3, 0.4) is 0 Å². The van der Waals surface area contributed by atoms with Gasteiger partial charge in [0.1, 0.15) is 5.75 Å². The predicted molar refractivity (Wildman–Crippen MR) is 111 cm³/mol. The number of rotatable bonds is 5. The van der Waals surface area contributed by atoms with E-state index in [9.17, 15) is 13.2 Å². The monoisotopic (exact) mass is 400 g/mol. The molecule has 2 N–H and O–H groups in total. The smallest absolute Gasteiger partial charge is 0.229 e. The zero-order valence-corrected chi connectivity index (χ0v) is 17.2. The molecule has 0 amide bonds. The van der Waals surface area contributed by atoms with E-state index in [1.54, 1.807) is 37.5 Å². The molecule has 0 bridgehead atoms. The number of sulfonamides is 1. The summed E-state index contributed by atoms with van der Waals surface area (Å²) in [6.45, 7) is 4.17. The van der Waals surface area contributed by atoms with E-state index in [2.05, 4.69) is 23.9 Å². The van der Waals surface area contributed by atoms with Crippen molar-refractivity contribution in [3.05, 3.63) is 65.2 Å². The predicted octanol–water partition coefficient (Wildman–Crippen LogP) is 3.21. The summed E-state index contributed by atoms with van der Waals surface area (Å²) in [5.74, 6) is 0.565. The largest absolute Gasteiger partial charge is 0.497 e. The van der Waals surface area contributed by atoms with Crippen molar-refractivity contribution in [3.63, 3.8) is 0 Å². The Morgan fingerprint density at radius 1 is 1.18 bits per heavy atom. The number of benzene rings is 2. The highest BCUT2D eigenvalue weighted by molar-refractivity contribution is 7.92. The van der Waals surface area contributed by atoms with Gasteiger partial charge in [0.25, 0.3) is 0 Å². The molecule has 0 spiro atoms. The van der Waals surface area contributed by atoms with Crippen LogP contribution in [0.4, 0.5) is 5.69 Å². The molecule has 1 heterocycles. The third-order valence-corrected chi connectivity index (χ3v) is 5.07. The number of nitrogens with one attached hydrogen (secondary N) is 2. The summed E-state index contributed by atoms with van der Waals surface area (Å²) in [5, 5.41) is 3.44. The second-order valence-electron chi connectivity index (χ2n) is 7.58. The Kier molecular flexibility index (Phi) is 5.21. The molecule has 2 aromatic carbocycles. The second-order valence-corrected chi connectivity index (χ2v) is 9.33. The van der Waals surface area contributed by atoms with Crippen molar-refractivity contribution >= 4 is 27.2 Å². The van der Waals surface area contributed by atoms with E-state index in [4.69, 9.17) is 4.74 Å². The Hall–Kier alpha value is -2.80. The maximum atomic E-state index is 12.8. The number of anilines is 1. The van der Waals surface area contributed by atoms with Crippen LogP contribution in [0.2, 0.25) is 0 Å². The zero-order valence-electron chi connectivity index (χ0n) is 16.4. The first-order valence-electron chi connectivity index (χ1n) is 8.86. The molecule has 1 aliphatic rings. The van der Waals surface area contributed by atoms with E-state index >= 15 is 0 Å². The van der Waals surface area contributed by atoms with Crippen molar-refractivity contribution < 1.29 is 17.9 Å². The van der Waals surface area contributed by atoms with E-state index in [-0.39, 0.29) is 11.3 Å². The number of allylic oxidation sites excluding steroid dienone is 1. The molecule has 148 valence electrons. The molecule has 0 atom stereocenters. The fraction of sp³-hybridized carbons (Fsp3) is 0.286. The van der Waals surface area contributed by atoms with Gasteiger partial charge in [0.15, 0.2) is 5.78 Å². The van der Waals surface area contributed by atoms with Crippen molar-refractivity contribution in [1.29, 1.82) is 0 Å². The van der Waals surface area contributed by atoms with E-state index < -0.39 is 10.0 Å². The lowest BCUT2D eigenvalue weighted by molar-refractivity contribution is 0.104. The number of carbonyl (C=O) groups excluding carboxylic acids is 1. The first-order chi connectivity index (χ1) is 13.1. The molecule has 0 saturated heterocycles. The van der Waals surface area contributed by atoms with Crippen LogP contribution in [0.5, 0.6) is 5.75 Å². The van der Waals surface area contributed by atoms with Gasteiger partial charge in [-0.1, -0.05) is 6.07 Å². The first-order valence-corrected chi connectivity index (χ1v) is 10.7. The van der Waals surface area contributed by atoms with Gasteiger partial charge in [0, 0.05) is 34.1 Å². The van der Waals surface area contributed by atoms with E-state index in [1.165, 1.54) is 0 Å². The third-order valence-electron chi connectivity index (χ3n) is 4.46. The molecule has 2 aromatic rings. The summed E-state index contributed by atoms with van der Waals surface area (Å²) in [5.41, 5.74) is 3.55. The van der Waals surface area contributed by atoms with E-state index in [0.717, 1.165) is 35.3 Å². The van der Waals surface area contributed by atoms with Crippen LogP contribution in [0.1, 0.15) is 35.3 Å². The van der Waals surface area contributed by atoms with Gasteiger partial charge in [0.05, 0.1) is 13.4 Å². The number of hydrogen-bond donors (Lipinski definition) is 2. The lowest BCUT2D eigenvalue weighted by atomic mass is 9.85. The molecule has 28 heavy (non-hydrogen) atoms. The topological polar surface area (TPSA) is 84.5 Å². The lowest BCUT2D eigenvalue weighted by Crippen LogP contribution is -2.43. The highest BCUT2D eigenvalue weighted by Gasteiger charge is 2.28. The molecule has 7 heteroatoms. The van der Waals surface area contributed by atoms with Crippen LogP contribution in [0, 0.1) is 0 Å². The summed E-state index contributed by atoms with van der Waals surface area (Å²) in [4.78, 5) is 12.8. The van der Waals surface area contributed by atoms with Gasteiger partial charge in [0.2, 0.25) is 10.0 Å². The minimum atomic E-state index is -3.35. The van der Waals surface area contributed by atoms with Crippen molar-refractivity contribution in [2.45, 2.75) is 25.8 Å². The average molecular weight is 401 g/mol. The minimum absolute atomic E-state index is 0.167. The molecule has 6 nitrogen and oxygen atoms in total. The number of fused-ring (bicyclic) bond motifs is 1. The Labute approximate surface area is 165 Å². The first kappa shape index (κ1) is 19.9. The lowest BCUT2D eigenvalue weighted by Gasteiger charge is -2.35. The molecular weight excluding hydrogens is 376 g/mol. The Morgan fingerprint density at radius 2 is 1.86 bits per heavy atom. The number of carbonyl (C=O) groups is 1. The van der Waals surface area contributed by atoms with Gasteiger partial charge >= 0.3 is 0 Å². The van der Waals surface area contributed by atoms with Crippen molar-refractivity contribution in [3.8, 4) is 5.75 Å². The average Bonchev–Trinajstić information content (AvgIpc) is 2.59. The summed E-state index contributed by atoms with van der Waals surface area (Å²) < 4.78 is 30.3. The molecule has 0 fully saturated rings. The van der Waals surface area contributed by atoms with Gasteiger partial charge in [-0.15, -0.1) is 0 Å². The van der Waals surface area contributed by atoms with Crippen LogP contribution < -0.4 is 14.8 Å². The number of hydrogen-bond acceptors (Lipinski definition) is 5. The van der Waals surface area contributed by atoms with Gasteiger partial charge in [-0.05, 0) is 62.2 Å². The molecule has 1 aliphatic heterocycles. The number of methoxy groups -OCH3 is 1. The quantitative estimate of drug-likeness (QED) is 0.595. The summed E-state index contributed by atoms with van der Waals surface area (Å²) in [7, 11) is -1.74. The SMILES string of the molecule is COc1ccc2c(c1)/C(=C/C(=O)c1ccc(NS(C)(=O)=O)cc1)NC(C)(C)C2. The second kappa shape index (κ2) is 7.31. The molecular formula is C21H24N2O4S. The van der Waals surface area contributed by atoms with E-state index in [0.29, 0.717) is 11.3 Å². The van der Waals surface area contributed by atoms with Gasteiger partial charge in [-0.25, -0.2) is 8.42 Å². The fourth-order valence-electron chi connectivity index (χ4n) is 3.28. The standard InChI is InChI=1S/C21H24N2O4S/c1-21(2)13-15-7-10-17(27-3)11-18(15)19(22-21)12-20(24)14-5-8-16(9-6-14)23-28(4,25)26/h5-12,22-23H,13H2,1-4H3/b19-12-. The fourth-order valence-corrected chi connectivity index (χ4v) is 3.85. The summed E-state index contributed by atoms with van der Waals surface area (Å²) in [6.07, 6.45) is 3.50. The third kappa shape index (κ3) is 4.72.